The maximum Gasteiger partial charge on any atom is 0.224 e. The maximum absolute atomic E-state index is 13.1. The zero-order valence-electron chi connectivity index (χ0n) is 19.9. The van der Waals surface area contributed by atoms with E-state index in [1.165, 1.54) is 29.1 Å². The van der Waals surface area contributed by atoms with Crippen molar-refractivity contribution < 1.29 is 13.2 Å². The lowest BCUT2D eigenvalue weighted by Gasteiger charge is -2.31. The van der Waals surface area contributed by atoms with Crippen LogP contribution in [0.3, 0.4) is 0 Å². The topological polar surface area (TPSA) is 69.7 Å². The van der Waals surface area contributed by atoms with Crippen LogP contribution in [0.5, 0.6) is 0 Å². The fourth-order valence-electron chi connectivity index (χ4n) is 4.92. The van der Waals surface area contributed by atoms with E-state index in [9.17, 15) is 13.2 Å². The zero-order chi connectivity index (χ0) is 24.8. The first-order chi connectivity index (χ1) is 16.8. The third-order valence-corrected chi connectivity index (χ3v) is 9.43. The molecule has 0 aliphatic carbocycles. The number of carbonyl (C=O) groups is 1. The van der Waals surface area contributed by atoms with E-state index in [0.717, 1.165) is 25.2 Å². The minimum Gasteiger partial charge on any atom is -0.352 e. The van der Waals surface area contributed by atoms with Gasteiger partial charge >= 0.3 is 0 Å². The summed E-state index contributed by atoms with van der Waals surface area (Å²) in [6.07, 6.45) is 5.08. The zero-order valence-corrected chi connectivity index (χ0v) is 22.2. The Bertz CT molecular complexity index is 1120. The predicted molar refractivity (Wildman–Crippen MR) is 141 cm³/mol. The molecule has 2 aliphatic rings. The standard InChI is InChI=1S/C26H33Cl2N3O3S/c27-24-11-6-12-25(28)23(24)19-35(33,34)31-15-7-10-22(18-31)26(32)29-16-20-8-2-3-9-21(20)17-30-13-4-1-5-14-30/h2-3,6,8-9,11-12,22H,1,4-5,7,10,13-19H2,(H,29,32)/t22-/m0/s1. The predicted octanol–water partition coefficient (Wildman–Crippen LogP) is 4.84. The molecule has 0 radical (unpaired) electrons. The average molecular weight is 539 g/mol. The lowest BCUT2D eigenvalue weighted by atomic mass is 9.98. The number of benzene rings is 2. The Balaban J connectivity index is 1.36. The molecule has 190 valence electrons. The fraction of sp³-hybridized carbons (Fsp3) is 0.500. The lowest BCUT2D eigenvalue weighted by Crippen LogP contribution is -2.45. The molecule has 2 aromatic carbocycles. The van der Waals surface area contributed by atoms with Crippen molar-refractivity contribution in [3.8, 4) is 0 Å². The van der Waals surface area contributed by atoms with Crippen molar-refractivity contribution in [2.24, 2.45) is 5.92 Å². The molecule has 0 spiro atoms. The smallest absolute Gasteiger partial charge is 0.224 e. The quantitative estimate of drug-likeness (QED) is 0.523. The van der Waals surface area contributed by atoms with Crippen molar-refractivity contribution in [2.45, 2.75) is 50.9 Å². The molecule has 35 heavy (non-hydrogen) atoms. The van der Waals surface area contributed by atoms with Crippen LogP contribution in [0.4, 0.5) is 0 Å². The summed E-state index contributed by atoms with van der Waals surface area (Å²) in [4.78, 5) is 15.5. The molecule has 1 N–H and O–H groups in total. The second kappa shape index (κ2) is 12.1. The summed E-state index contributed by atoms with van der Waals surface area (Å²) >= 11 is 12.4. The SMILES string of the molecule is O=C(NCc1ccccc1CN1CCCCC1)[C@H]1CCCN(S(=O)(=O)Cc2c(Cl)cccc2Cl)C1. The average Bonchev–Trinajstić information content (AvgIpc) is 2.86. The van der Waals surface area contributed by atoms with Crippen molar-refractivity contribution in [2.75, 3.05) is 26.2 Å². The summed E-state index contributed by atoms with van der Waals surface area (Å²) in [6.45, 7) is 4.14. The van der Waals surface area contributed by atoms with E-state index >= 15 is 0 Å². The molecule has 1 atom stereocenters. The molecule has 2 heterocycles. The molecule has 2 saturated heterocycles. The number of amides is 1. The highest BCUT2D eigenvalue weighted by molar-refractivity contribution is 7.88. The van der Waals surface area contributed by atoms with Crippen LogP contribution >= 0.6 is 23.2 Å². The number of rotatable bonds is 8. The Morgan fingerprint density at radius 1 is 0.914 bits per heavy atom. The molecular formula is C26H33Cl2N3O3S. The molecule has 0 saturated carbocycles. The van der Waals surface area contributed by atoms with Crippen molar-refractivity contribution in [1.29, 1.82) is 0 Å². The second-order valence-electron chi connectivity index (χ2n) is 9.48. The van der Waals surface area contributed by atoms with E-state index in [2.05, 4.69) is 22.3 Å². The van der Waals surface area contributed by atoms with Gasteiger partial charge in [0.2, 0.25) is 15.9 Å². The number of nitrogens with zero attached hydrogens (tertiary/aromatic N) is 2. The van der Waals surface area contributed by atoms with E-state index < -0.39 is 10.0 Å². The van der Waals surface area contributed by atoms with Crippen molar-refractivity contribution in [3.63, 3.8) is 0 Å². The molecule has 9 heteroatoms. The number of carbonyl (C=O) groups excluding carboxylic acids is 1. The van der Waals surface area contributed by atoms with Gasteiger partial charge in [-0.2, -0.15) is 0 Å². The largest absolute Gasteiger partial charge is 0.352 e. The highest BCUT2D eigenvalue weighted by Crippen LogP contribution is 2.29. The summed E-state index contributed by atoms with van der Waals surface area (Å²) in [7, 11) is -3.66. The second-order valence-corrected chi connectivity index (χ2v) is 12.3. The van der Waals surface area contributed by atoms with Gasteiger partial charge in [0.05, 0.1) is 11.7 Å². The van der Waals surface area contributed by atoms with Gasteiger partial charge in [-0.15, -0.1) is 0 Å². The minimum atomic E-state index is -3.66. The van der Waals surface area contributed by atoms with Gasteiger partial charge in [-0.1, -0.05) is 60.0 Å². The molecule has 6 nitrogen and oxygen atoms in total. The Hall–Kier alpha value is -1.64. The van der Waals surface area contributed by atoms with Crippen LogP contribution in [0, 0.1) is 5.92 Å². The molecule has 1 amide bonds. The summed E-state index contributed by atoms with van der Waals surface area (Å²) in [5, 5.41) is 3.72. The monoisotopic (exact) mass is 537 g/mol. The van der Waals surface area contributed by atoms with Crippen LogP contribution in [-0.2, 0) is 33.7 Å². The Labute approximate surface area is 218 Å². The normalized spacial score (nSPS) is 20.0. The van der Waals surface area contributed by atoms with Crippen LogP contribution in [0.1, 0.15) is 48.8 Å². The van der Waals surface area contributed by atoms with E-state index in [1.807, 2.05) is 12.1 Å². The van der Waals surface area contributed by atoms with Gasteiger partial charge in [0.15, 0.2) is 0 Å². The summed E-state index contributed by atoms with van der Waals surface area (Å²) in [5.41, 5.74) is 2.74. The van der Waals surface area contributed by atoms with Crippen LogP contribution in [0.2, 0.25) is 10.0 Å². The van der Waals surface area contributed by atoms with Gasteiger partial charge in [-0.25, -0.2) is 12.7 Å². The van der Waals surface area contributed by atoms with Gasteiger partial charge in [0.1, 0.15) is 0 Å². The third kappa shape index (κ3) is 6.98. The van der Waals surface area contributed by atoms with Crippen molar-refractivity contribution in [3.05, 3.63) is 69.2 Å². The Morgan fingerprint density at radius 2 is 1.60 bits per heavy atom. The Kier molecular flexibility index (Phi) is 9.11. The summed E-state index contributed by atoms with van der Waals surface area (Å²) in [5.74, 6) is -0.757. The highest BCUT2D eigenvalue weighted by atomic mass is 35.5. The van der Waals surface area contributed by atoms with Crippen LogP contribution < -0.4 is 5.32 Å². The summed E-state index contributed by atoms with van der Waals surface area (Å²) < 4.78 is 27.6. The molecular weight excluding hydrogens is 505 g/mol. The van der Waals surface area contributed by atoms with Gasteiger partial charge in [0, 0.05) is 41.8 Å². The molecule has 2 aliphatic heterocycles. The molecule has 0 bridgehead atoms. The van der Waals surface area contributed by atoms with Crippen LogP contribution in [-0.4, -0.2) is 49.7 Å². The van der Waals surface area contributed by atoms with Crippen molar-refractivity contribution in [1.82, 2.24) is 14.5 Å². The number of sulfonamides is 1. The van der Waals surface area contributed by atoms with Crippen LogP contribution in [0.25, 0.3) is 0 Å². The minimum absolute atomic E-state index is 0.103. The maximum atomic E-state index is 13.1. The number of hydrogen-bond acceptors (Lipinski definition) is 4. The van der Waals surface area contributed by atoms with Gasteiger partial charge < -0.3 is 5.32 Å². The fourth-order valence-corrected chi connectivity index (χ4v) is 7.28. The van der Waals surface area contributed by atoms with Crippen molar-refractivity contribution >= 4 is 39.1 Å². The molecule has 0 aromatic heterocycles. The molecule has 2 aromatic rings. The Morgan fingerprint density at radius 3 is 2.31 bits per heavy atom. The first-order valence-corrected chi connectivity index (χ1v) is 14.7. The van der Waals surface area contributed by atoms with Gasteiger partial charge in [-0.3, -0.25) is 9.69 Å². The van der Waals surface area contributed by atoms with Crippen LogP contribution in [0.15, 0.2) is 42.5 Å². The van der Waals surface area contributed by atoms with Gasteiger partial charge in [-0.05, 0) is 62.0 Å². The lowest BCUT2D eigenvalue weighted by molar-refractivity contribution is -0.126. The number of hydrogen-bond donors (Lipinski definition) is 1. The number of piperidine rings is 2. The van der Waals surface area contributed by atoms with E-state index in [4.69, 9.17) is 23.2 Å². The number of likely N-dealkylation sites (tertiary alicyclic amines) is 1. The van der Waals surface area contributed by atoms with E-state index in [1.54, 1.807) is 18.2 Å². The number of nitrogens with one attached hydrogen (secondary N) is 1. The van der Waals surface area contributed by atoms with Gasteiger partial charge in [0.25, 0.3) is 0 Å². The number of halogens is 2. The molecule has 2 fully saturated rings. The summed E-state index contributed by atoms with van der Waals surface area (Å²) in [6, 6.07) is 13.2. The van der Waals surface area contributed by atoms with E-state index in [0.29, 0.717) is 41.5 Å². The third-order valence-electron chi connectivity index (χ3n) is 6.95. The molecule has 0 unspecified atom stereocenters. The van der Waals surface area contributed by atoms with E-state index in [-0.39, 0.29) is 24.1 Å². The highest BCUT2D eigenvalue weighted by Gasteiger charge is 2.33. The molecule has 4 rings (SSSR count). The first kappa shape index (κ1) is 26.4. The first-order valence-electron chi connectivity index (χ1n) is 12.3.